The molecule has 1 rings (SSSR count). The van der Waals surface area contributed by atoms with Crippen molar-refractivity contribution < 1.29 is 0 Å². The summed E-state index contributed by atoms with van der Waals surface area (Å²) in [5.41, 5.74) is 2.43. The van der Waals surface area contributed by atoms with E-state index in [2.05, 4.69) is 25.2 Å². The van der Waals surface area contributed by atoms with Gasteiger partial charge in [-0.15, -0.1) is 0 Å². The molecule has 0 amide bonds. The summed E-state index contributed by atoms with van der Waals surface area (Å²) in [6.07, 6.45) is 5.37. The van der Waals surface area contributed by atoms with E-state index < -0.39 is 0 Å². The Morgan fingerprint density at radius 2 is 2.06 bits per heavy atom. The van der Waals surface area contributed by atoms with E-state index >= 15 is 0 Å². The van der Waals surface area contributed by atoms with Gasteiger partial charge in [-0.2, -0.15) is 0 Å². The second-order valence-corrected chi connectivity index (χ2v) is 5.35. The molecule has 0 unspecified atom stereocenters. The first kappa shape index (κ1) is 15.6. The van der Waals surface area contributed by atoms with Crippen LogP contribution < -0.4 is 5.32 Å². The second kappa shape index (κ2) is 8.58. The van der Waals surface area contributed by atoms with Gasteiger partial charge in [0.15, 0.2) is 0 Å². The second-order valence-electron chi connectivity index (χ2n) is 4.50. The minimum atomic E-state index is 0.742. The molecule has 0 aromatic heterocycles. The quantitative estimate of drug-likeness (QED) is 0.557. The highest BCUT2D eigenvalue weighted by atomic mass is 35.5. The van der Waals surface area contributed by atoms with Crippen molar-refractivity contribution in [3.8, 4) is 0 Å². The van der Waals surface area contributed by atoms with Gasteiger partial charge in [0, 0.05) is 10.0 Å². The third-order valence-electron chi connectivity index (χ3n) is 2.72. The molecule has 18 heavy (non-hydrogen) atoms. The monoisotopic (exact) mass is 285 g/mol. The van der Waals surface area contributed by atoms with Crippen molar-refractivity contribution in [2.45, 2.75) is 33.1 Å². The zero-order chi connectivity index (χ0) is 13.4. The average molecular weight is 286 g/mol. The van der Waals surface area contributed by atoms with Crippen LogP contribution in [0, 0.1) is 0 Å². The maximum atomic E-state index is 6.14. The highest BCUT2D eigenvalue weighted by Crippen LogP contribution is 2.23. The Labute approximate surface area is 120 Å². The van der Waals surface area contributed by atoms with Crippen molar-refractivity contribution in [3.63, 3.8) is 0 Å². The number of nitrogens with one attached hydrogen (secondary N) is 1. The summed E-state index contributed by atoms with van der Waals surface area (Å²) in [6, 6.07) is 5.62. The van der Waals surface area contributed by atoms with Crippen LogP contribution in [0.1, 0.15) is 32.3 Å². The van der Waals surface area contributed by atoms with Gasteiger partial charge in [-0.3, -0.25) is 0 Å². The molecule has 0 radical (unpaired) electrons. The van der Waals surface area contributed by atoms with E-state index in [1.807, 2.05) is 18.2 Å². The van der Waals surface area contributed by atoms with Gasteiger partial charge in [0.2, 0.25) is 0 Å². The van der Waals surface area contributed by atoms with Gasteiger partial charge < -0.3 is 5.32 Å². The molecule has 0 fully saturated rings. The van der Waals surface area contributed by atoms with Crippen LogP contribution in [0.2, 0.25) is 10.0 Å². The van der Waals surface area contributed by atoms with Crippen LogP contribution in [0.4, 0.5) is 0 Å². The molecule has 0 aliphatic rings. The number of hydrogen-bond acceptors (Lipinski definition) is 1. The Balaban J connectivity index is 2.45. The zero-order valence-corrected chi connectivity index (χ0v) is 12.6. The van der Waals surface area contributed by atoms with Crippen molar-refractivity contribution in [2.75, 3.05) is 13.1 Å². The Kier molecular flexibility index (Phi) is 7.41. The normalized spacial score (nSPS) is 11.9. The van der Waals surface area contributed by atoms with Gasteiger partial charge in [0.1, 0.15) is 0 Å². The van der Waals surface area contributed by atoms with E-state index in [9.17, 15) is 0 Å². The lowest BCUT2D eigenvalue weighted by Crippen LogP contribution is -2.15. The van der Waals surface area contributed by atoms with Gasteiger partial charge in [0.05, 0.1) is 0 Å². The predicted octanol–water partition coefficient (Wildman–Crippen LogP) is 4.87. The summed E-state index contributed by atoms with van der Waals surface area (Å²) in [4.78, 5) is 0. The van der Waals surface area contributed by atoms with Crippen LogP contribution in [-0.2, 0) is 6.42 Å². The first-order chi connectivity index (χ1) is 8.63. The van der Waals surface area contributed by atoms with E-state index in [0.29, 0.717) is 0 Å². The van der Waals surface area contributed by atoms with E-state index in [1.54, 1.807) is 0 Å². The molecule has 0 heterocycles. The Hall–Kier alpha value is -0.500. The maximum absolute atomic E-state index is 6.14. The molecule has 0 atom stereocenters. The van der Waals surface area contributed by atoms with Crippen LogP contribution in [0.25, 0.3) is 0 Å². The first-order valence-electron chi connectivity index (χ1n) is 6.43. The minimum absolute atomic E-state index is 0.742. The summed E-state index contributed by atoms with van der Waals surface area (Å²) >= 11 is 12.1. The van der Waals surface area contributed by atoms with Crippen molar-refractivity contribution >= 4 is 23.2 Å². The smallest absolute Gasteiger partial charge is 0.0442 e. The fourth-order valence-corrected chi connectivity index (χ4v) is 2.15. The molecule has 0 aliphatic heterocycles. The molecule has 0 spiro atoms. The maximum Gasteiger partial charge on any atom is 0.0442 e. The standard InChI is InChI=1S/C15H21Cl2N/c1-3-8-18-9-4-5-12(2)10-13-11-14(16)6-7-15(13)17/h5-7,11,18H,3-4,8-10H2,1-2H3. The topological polar surface area (TPSA) is 12.0 Å². The molecule has 0 aliphatic carbocycles. The van der Waals surface area contributed by atoms with Gasteiger partial charge in [-0.05, 0) is 63.0 Å². The minimum Gasteiger partial charge on any atom is -0.316 e. The predicted molar refractivity (Wildman–Crippen MR) is 81.7 cm³/mol. The Morgan fingerprint density at radius 3 is 2.78 bits per heavy atom. The third kappa shape index (κ3) is 5.90. The van der Waals surface area contributed by atoms with Crippen LogP contribution in [0.15, 0.2) is 29.8 Å². The van der Waals surface area contributed by atoms with E-state index in [0.717, 1.165) is 41.5 Å². The molecule has 100 valence electrons. The van der Waals surface area contributed by atoms with Gasteiger partial charge >= 0.3 is 0 Å². The summed E-state index contributed by atoms with van der Waals surface area (Å²) in [6.45, 7) is 6.44. The van der Waals surface area contributed by atoms with Crippen molar-refractivity contribution in [1.29, 1.82) is 0 Å². The molecule has 3 heteroatoms. The lowest BCUT2D eigenvalue weighted by atomic mass is 10.1. The van der Waals surface area contributed by atoms with Crippen LogP contribution in [0.3, 0.4) is 0 Å². The van der Waals surface area contributed by atoms with E-state index in [4.69, 9.17) is 23.2 Å². The molecular formula is C15H21Cl2N. The summed E-state index contributed by atoms with van der Waals surface area (Å²) < 4.78 is 0. The van der Waals surface area contributed by atoms with Crippen molar-refractivity contribution in [3.05, 3.63) is 45.5 Å². The molecule has 0 bridgehead atoms. The van der Waals surface area contributed by atoms with Gasteiger partial charge in [-0.1, -0.05) is 41.8 Å². The zero-order valence-electron chi connectivity index (χ0n) is 11.1. The molecule has 1 aromatic carbocycles. The molecule has 1 aromatic rings. The summed E-state index contributed by atoms with van der Waals surface area (Å²) in [5, 5.41) is 4.91. The Morgan fingerprint density at radius 1 is 1.28 bits per heavy atom. The number of allylic oxidation sites excluding steroid dienone is 1. The molecule has 1 nitrogen and oxygen atoms in total. The largest absolute Gasteiger partial charge is 0.316 e. The van der Waals surface area contributed by atoms with E-state index in [-0.39, 0.29) is 0 Å². The number of hydrogen-bond donors (Lipinski definition) is 1. The molecule has 0 saturated heterocycles. The highest BCUT2D eigenvalue weighted by molar-refractivity contribution is 6.33. The van der Waals surface area contributed by atoms with Crippen LogP contribution in [0.5, 0.6) is 0 Å². The number of benzene rings is 1. The van der Waals surface area contributed by atoms with Gasteiger partial charge in [0.25, 0.3) is 0 Å². The number of rotatable bonds is 7. The van der Waals surface area contributed by atoms with Crippen molar-refractivity contribution in [2.24, 2.45) is 0 Å². The van der Waals surface area contributed by atoms with Crippen LogP contribution >= 0.6 is 23.2 Å². The molecular weight excluding hydrogens is 265 g/mol. The fraction of sp³-hybridized carbons (Fsp3) is 0.467. The third-order valence-corrected chi connectivity index (χ3v) is 3.32. The molecule has 1 N–H and O–H groups in total. The average Bonchev–Trinajstić information content (AvgIpc) is 2.33. The summed E-state index contributed by atoms with van der Waals surface area (Å²) in [5.74, 6) is 0. The van der Waals surface area contributed by atoms with E-state index in [1.165, 1.54) is 12.0 Å². The Bertz CT molecular complexity index is 399. The van der Waals surface area contributed by atoms with Gasteiger partial charge in [-0.25, -0.2) is 0 Å². The lowest BCUT2D eigenvalue weighted by molar-refractivity contribution is 0.677. The van der Waals surface area contributed by atoms with Crippen molar-refractivity contribution in [1.82, 2.24) is 5.32 Å². The first-order valence-corrected chi connectivity index (χ1v) is 7.19. The van der Waals surface area contributed by atoms with Crippen LogP contribution in [-0.4, -0.2) is 13.1 Å². The molecule has 0 saturated carbocycles. The SMILES string of the molecule is CCCNCCC=C(C)Cc1cc(Cl)ccc1Cl. The lowest BCUT2D eigenvalue weighted by Gasteiger charge is -2.06. The number of halogens is 2. The summed E-state index contributed by atoms with van der Waals surface area (Å²) in [7, 11) is 0. The highest BCUT2D eigenvalue weighted by Gasteiger charge is 2.02. The fourth-order valence-electron chi connectivity index (χ4n) is 1.77.